The van der Waals surface area contributed by atoms with Crippen molar-refractivity contribution < 1.29 is 4.79 Å². The van der Waals surface area contributed by atoms with Gasteiger partial charge in [-0.25, -0.2) is 0 Å². The van der Waals surface area contributed by atoms with Crippen molar-refractivity contribution in [3.8, 4) is 33.5 Å². The SMILES string of the molecule is CC(=O)n1c(-c2ccc(C)cc2)c(-c2ccc(C)cc2)c2cccc(-c3ccccc3)c21. The van der Waals surface area contributed by atoms with Crippen LogP contribution in [0.4, 0.5) is 0 Å². The van der Waals surface area contributed by atoms with Gasteiger partial charge in [-0.1, -0.05) is 108 Å². The highest BCUT2D eigenvalue weighted by Gasteiger charge is 2.24. The maximum Gasteiger partial charge on any atom is 0.228 e. The molecule has 0 amide bonds. The van der Waals surface area contributed by atoms with Crippen molar-refractivity contribution >= 4 is 16.8 Å². The van der Waals surface area contributed by atoms with Gasteiger partial charge in [-0.05, 0) is 30.5 Å². The summed E-state index contributed by atoms with van der Waals surface area (Å²) in [5.41, 5.74) is 9.72. The molecule has 32 heavy (non-hydrogen) atoms. The molecule has 1 aromatic heterocycles. The maximum absolute atomic E-state index is 13.2. The van der Waals surface area contributed by atoms with E-state index in [9.17, 15) is 4.79 Å². The maximum atomic E-state index is 13.2. The van der Waals surface area contributed by atoms with E-state index in [1.165, 1.54) is 11.1 Å². The topological polar surface area (TPSA) is 22.0 Å². The standard InChI is InChI=1S/C30H25NO/c1-20-12-16-24(17-13-20)28-27-11-7-10-26(23-8-5-4-6-9-23)30(27)31(22(3)32)29(28)25-18-14-21(2)15-19-25/h4-19H,1-3H3. The summed E-state index contributed by atoms with van der Waals surface area (Å²) in [7, 11) is 0. The third kappa shape index (κ3) is 3.34. The Morgan fingerprint density at radius 3 is 1.81 bits per heavy atom. The Bertz CT molecular complexity index is 1420. The van der Waals surface area contributed by atoms with Crippen molar-refractivity contribution in [2.45, 2.75) is 20.8 Å². The predicted octanol–water partition coefficient (Wildman–Crippen LogP) is 7.92. The van der Waals surface area contributed by atoms with Gasteiger partial charge in [0.1, 0.15) is 0 Å². The first-order valence-corrected chi connectivity index (χ1v) is 10.9. The first-order chi connectivity index (χ1) is 15.5. The van der Waals surface area contributed by atoms with Crippen LogP contribution >= 0.6 is 0 Å². The van der Waals surface area contributed by atoms with Crippen molar-refractivity contribution in [1.82, 2.24) is 4.57 Å². The lowest BCUT2D eigenvalue weighted by atomic mass is 9.95. The quantitative estimate of drug-likeness (QED) is 0.293. The zero-order valence-corrected chi connectivity index (χ0v) is 18.6. The summed E-state index contributed by atoms with van der Waals surface area (Å²) in [6.07, 6.45) is 0. The summed E-state index contributed by atoms with van der Waals surface area (Å²) < 4.78 is 1.90. The summed E-state index contributed by atoms with van der Waals surface area (Å²) in [6, 6.07) is 33.6. The van der Waals surface area contributed by atoms with Crippen molar-refractivity contribution in [3.63, 3.8) is 0 Å². The molecule has 1 heterocycles. The largest absolute Gasteiger partial charge is 0.279 e. The molecule has 0 saturated carbocycles. The second-order valence-electron chi connectivity index (χ2n) is 8.38. The van der Waals surface area contributed by atoms with Crippen molar-refractivity contribution in [1.29, 1.82) is 0 Å². The van der Waals surface area contributed by atoms with E-state index in [0.29, 0.717) is 0 Å². The van der Waals surface area contributed by atoms with Gasteiger partial charge in [-0.2, -0.15) is 0 Å². The minimum absolute atomic E-state index is 0.00678. The second kappa shape index (κ2) is 7.97. The summed E-state index contributed by atoms with van der Waals surface area (Å²) in [6.45, 7) is 5.83. The zero-order valence-electron chi connectivity index (χ0n) is 18.6. The van der Waals surface area contributed by atoms with Crippen molar-refractivity contribution in [3.05, 3.63) is 108 Å². The molecule has 0 aliphatic rings. The molecule has 0 atom stereocenters. The van der Waals surface area contributed by atoms with Crippen LogP contribution in [0.2, 0.25) is 0 Å². The summed E-state index contributed by atoms with van der Waals surface area (Å²) in [5, 5.41) is 1.08. The van der Waals surface area contributed by atoms with E-state index in [-0.39, 0.29) is 5.91 Å². The fourth-order valence-electron chi connectivity index (χ4n) is 4.50. The van der Waals surface area contributed by atoms with Crippen LogP contribution in [-0.2, 0) is 0 Å². The molecule has 5 rings (SSSR count). The van der Waals surface area contributed by atoms with Crippen molar-refractivity contribution in [2.24, 2.45) is 0 Å². The average molecular weight is 416 g/mol. The minimum atomic E-state index is 0.00678. The molecule has 0 bridgehead atoms. The van der Waals surface area contributed by atoms with Crippen LogP contribution in [0.1, 0.15) is 22.8 Å². The number of carbonyl (C=O) groups excluding carboxylic acids is 1. The molecule has 5 aromatic rings. The molecular formula is C30H25NO. The Labute approximate surface area is 188 Å². The van der Waals surface area contributed by atoms with E-state index < -0.39 is 0 Å². The van der Waals surface area contributed by atoms with Gasteiger partial charge in [0.2, 0.25) is 5.91 Å². The number of fused-ring (bicyclic) bond motifs is 1. The molecule has 0 unspecified atom stereocenters. The first kappa shape index (κ1) is 20.0. The van der Waals surface area contributed by atoms with E-state index in [4.69, 9.17) is 0 Å². The van der Waals surface area contributed by atoms with E-state index in [2.05, 4.69) is 92.7 Å². The van der Waals surface area contributed by atoms with Gasteiger partial charge in [0, 0.05) is 23.4 Å². The molecule has 0 fully saturated rings. The van der Waals surface area contributed by atoms with Gasteiger partial charge in [0.15, 0.2) is 0 Å². The van der Waals surface area contributed by atoms with Crippen LogP contribution in [0.15, 0.2) is 97.1 Å². The number of aromatic nitrogens is 1. The van der Waals surface area contributed by atoms with Gasteiger partial charge < -0.3 is 0 Å². The minimum Gasteiger partial charge on any atom is -0.279 e. The summed E-state index contributed by atoms with van der Waals surface area (Å²) >= 11 is 0. The summed E-state index contributed by atoms with van der Waals surface area (Å²) in [5.74, 6) is 0.00678. The average Bonchev–Trinajstić information content (AvgIpc) is 3.16. The van der Waals surface area contributed by atoms with E-state index in [0.717, 1.165) is 44.4 Å². The molecule has 0 aliphatic carbocycles. The number of hydrogen-bond donors (Lipinski definition) is 0. The first-order valence-electron chi connectivity index (χ1n) is 10.9. The van der Waals surface area contributed by atoms with Gasteiger partial charge >= 0.3 is 0 Å². The normalized spacial score (nSPS) is 11.1. The molecule has 4 aromatic carbocycles. The van der Waals surface area contributed by atoms with Gasteiger partial charge in [0.05, 0.1) is 11.2 Å². The molecule has 0 aliphatic heterocycles. The van der Waals surface area contributed by atoms with Crippen molar-refractivity contribution in [2.75, 3.05) is 0 Å². The molecule has 156 valence electrons. The lowest BCUT2D eigenvalue weighted by Gasteiger charge is -2.12. The van der Waals surface area contributed by atoms with Crippen LogP contribution in [0, 0.1) is 13.8 Å². The van der Waals surface area contributed by atoms with Gasteiger partial charge in [-0.3, -0.25) is 9.36 Å². The molecule has 0 saturated heterocycles. The smallest absolute Gasteiger partial charge is 0.228 e. The Morgan fingerprint density at radius 2 is 1.22 bits per heavy atom. The highest BCUT2D eigenvalue weighted by atomic mass is 16.1. The monoisotopic (exact) mass is 415 g/mol. The molecule has 2 nitrogen and oxygen atoms in total. The van der Waals surface area contributed by atoms with Crippen LogP contribution < -0.4 is 0 Å². The van der Waals surface area contributed by atoms with Crippen LogP contribution in [0.25, 0.3) is 44.4 Å². The Kier molecular flexibility index (Phi) is 4.99. The number of carbonyl (C=O) groups is 1. The molecule has 2 heteroatoms. The number of nitrogens with zero attached hydrogens (tertiary/aromatic N) is 1. The third-order valence-corrected chi connectivity index (χ3v) is 6.05. The van der Waals surface area contributed by atoms with Gasteiger partial charge in [0.25, 0.3) is 0 Å². The van der Waals surface area contributed by atoms with E-state index in [1.807, 2.05) is 22.8 Å². The Hall–Kier alpha value is -3.91. The second-order valence-corrected chi connectivity index (χ2v) is 8.38. The van der Waals surface area contributed by atoms with Gasteiger partial charge in [-0.15, -0.1) is 0 Å². The number of para-hydroxylation sites is 1. The Morgan fingerprint density at radius 1 is 0.625 bits per heavy atom. The molecular weight excluding hydrogens is 390 g/mol. The van der Waals surface area contributed by atoms with Crippen LogP contribution in [0.5, 0.6) is 0 Å². The molecule has 0 N–H and O–H groups in total. The predicted molar refractivity (Wildman–Crippen MR) is 134 cm³/mol. The van der Waals surface area contributed by atoms with Crippen LogP contribution in [0.3, 0.4) is 0 Å². The zero-order chi connectivity index (χ0) is 22.2. The lowest BCUT2D eigenvalue weighted by Crippen LogP contribution is -2.08. The number of benzene rings is 4. The summed E-state index contributed by atoms with van der Waals surface area (Å²) in [4.78, 5) is 13.2. The lowest BCUT2D eigenvalue weighted by molar-refractivity contribution is 0.0943. The highest BCUT2D eigenvalue weighted by molar-refractivity contribution is 6.13. The van der Waals surface area contributed by atoms with Crippen LogP contribution in [-0.4, -0.2) is 10.5 Å². The fraction of sp³-hybridized carbons (Fsp3) is 0.100. The Balaban J connectivity index is 1.96. The highest BCUT2D eigenvalue weighted by Crippen LogP contribution is 2.44. The molecule has 0 radical (unpaired) electrons. The van der Waals surface area contributed by atoms with E-state index >= 15 is 0 Å². The fourth-order valence-corrected chi connectivity index (χ4v) is 4.50. The van der Waals surface area contributed by atoms with E-state index in [1.54, 1.807) is 6.92 Å². The number of hydrogen-bond acceptors (Lipinski definition) is 1. The number of aryl methyl sites for hydroxylation is 2. The number of rotatable bonds is 3. The third-order valence-electron chi connectivity index (χ3n) is 6.05. The molecule has 0 spiro atoms.